The summed E-state index contributed by atoms with van der Waals surface area (Å²) in [5.41, 5.74) is 0. The van der Waals surface area contributed by atoms with Crippen LogP contribution in [0.2, 0.25) is 0 Å². The number of aliphatic hydroxyl groups is 1. The molecule has 0 aromatic carbocycles. The molecule has 0 aliphatic rings. The second kappa shape index (κ2) is 4.39. The van der Waals surface area contributed by atoms with Gasteiger partial charge in [-0.25, -0.2) is 0 Å². The van der Waals surface area contributed by atoms with Crippen LogP contribution >= 0.6 is 7.91 Å². The van der Waals surface area contributed by atoms with E-state index in [4.69, 9.17) is 14.9 Å². The molecule has 80 valence electrons. The molecular weight excluding hydrogens is 205 g/mol. The van der Waals surface area contributed by atoms with Crippen LogP contribution < -0.4 is 0 Å². The Bertz CT molecular complexity index is 180. The Labute approximate surface area is 74.9 Å². The zero-order valence-corrected chi connectivity index (χ0v) is 7.99. The van der Waals surface area contributed by atoms with Gasteiger partial charge in [-0.3, -0.25) is 0 Å². The Morgan fingerprint density at radius 1 is 1.46 bits per heavy atom. The van der Waals surface area contributed by atoms with Crippen LogP contribution in [-0.4, -0.2) is 27.6 Å². The van der Waals surface area contributed by atoms with E-state index < -0.39 is 20.6 Å². The predicted molar refractivity (Wildman–Crippen MR) is 45.0 cm³/mol. The van der Waals surface area contributed by atoms with Crippen LogP contribution in [0.5, 0.6) is 0 Å². The summed E-state index contributed by atoms with van der Waals surface area (Å²) < 4.78 is 27.9. The van der Waals surface area contributed by atoms with Gasteiger partial charge in [0.1, 0.15) is 0 Å². The summed E-state index contributed by atoms with van der Waals surface area (Å²) in [6.45, 7) is 1.02. The zero-order valence-electron chi connectivity index (χ0n) is 7.10. The topological polar surface area (TPSA) is 69.9 Å². The van der Waals surface area contributed by atoms with E-state index in [1.54, 1.807) is 6.92 Å². The first-order chi connectivity index (χ1) is 5.74. The van der Waals surface area contributed by atoms with Crippen LogP contribution in [0.1, 0.15) is 13.3 Å². The third-order valence-corrected chi connectivity index (χ3v) is 1.69. The number of hydrogen-bond donors (Lipinski definition) is 3. The fraction of sp³-hybridized carbons (Fsp3) is 0.667. The number of halogens is 2. The van der Waals surface area contributed by atoms with E-state index in [2.05, 4.69) is 4.52 Å². The number of aliphatic hydroxyl groups excluding tert-OH is 1. The summed E-state index contributed by atoms with van der Waals surface area (Å²) in [7, 11) is -6.96. The van der Waals surface area contributed by atoms with Crippen molar-refractivity contribution in [2.45, 2.75) is 19.4 Å². The van der Waals surface area contributed by atoms with Crippen molar-refractivity contribution >= 4 is 7.91 Å². The van der Waals surface area contributed by atoms with Crippen molar-refractivity contribution in [1.29, 1.82) is 0 Å². The van der Waals surface area contributed by atoms with Gasteiger partial charge in [-0.15, -0.1) is 0 Å². The average molecular weight is 218 g/mol. The van der Waals surface area contributed by atoms with E-state index in [9.17, 15) is 8.39 Å². The van der Waals surface area contributed by atoms with E-state index >= 15 is 0 Å². The molecular formula is C6H13F2O4P. The SMILES string of the molecule is CCC=CC(CO)OP(O)(O)(F)F. The van der Waals surface area contributed by atoms with Crippen LogP contribution in [0, 0.1) is 0 Å². The Balaban J connectivity index is 4.22. The molecule has 0 aliphatic heterocycles. The van der Waals surface area contributed by atoms with Gasteiger partial charge in [-0.2, -0.15) is 0 Å². The van der Waals surface area contributed by atoms with Gasteiger partial charge in [0, 0.05) is 0 Å². The number of rotatable bonds is 5. The van der Waals surface area contributed by atoms with E-state index in [1.807, 2.05) is 0 Å². The normalized spacial score (nSPS) is 18.5. The van der Waals surface area contributed by atoms with Crippen molar-refractivity contribution in [3.8, 4) is 0 Å². The molecule has 0 aliphatic carbocycles. The first-order valence-electron chi connectivity index (χ1n) is 3.66. The van der Waals surface area contributed by atoms with Gasteiger partial charge >= 0.3 is 73.9 Å². The van der Waals surface area contributed by atoms with Crippen molar-refractivity contribution < 1.29 is 27.8 Å². The van der Waals surface area contributed by atoms with E-state index in [0.717, 1.165) is 6.08 Å². The fourth-order valence-electron chi connectivity index (χ4n) is 0.641. The molecule has 3 N–H and O–H groups in total. The van der Waals surface area contributed by atoms with Gasteiger partial charge in [0.2, 0.25) is 0 Å². The quantitative estimate of drug-likeness (QED) is 0.481. The number of hydrogen-bond acceptors (Lipinski definition) is 4. The molecule has 0 radical (unpaired) electrons. The van der Waals surface area contributed by atoms with Crippen molar-refractivity contribution in [2.24, 2.45) is 0 Å². The van der Waals surface area contributed by atoms with Crippen LogP contribution in [0.3, 0.4) is 0 Å². The molecule has 4 nitrogen and oxygen atoms in total. The van der Waals surface area contributed by atoms with Gasteiger partial charge in [0.15, 0.2) is 0 Å². The Hall–Kier alpha value is -0.130. The summed E-state index contributed by atoms with van der Waals surface area (Å²) in [5.74, 6) is 0. The number of allylic oxidation sites excluding steroid dienone is 1. The monoisotopic (exact) mass is 218 g/mol. The molecule has 7 heteroatoms. The standard InChI is InChI=1S/C6H13F2O4P/c1-2-3-4-6(5-9)12-13(7,8,10)11/h3-4,6,9-11H,2,5H2,1H3. The van der Waals surface area contributed by atoms with E-state index in [0.29, 0.717) is 6.42 Å². The summed E-state index contributed by atoms with van der Waals surface area (Å²) in [4.78, 5) is 16.1. The first-order valence-corrected chi connectivity index (χ1v) is 5.50. The van der Waals surface area contributed by atoms with Gasteiger partial charge in [-0.05, 0) is 0 Å². The van der Waals surface area contributed by atoms with Crippen molar-refractivity contribution in [2.75, 3.05) is 6.61 Å². The minimum absolute atomic E-state index is 0.575. The molecule has 0 heterocycles. The molecule has 0 rings (SSSR count). The molecule has 0 spiro atoms. The molecule has 0 bridgehead atoms. The predicted octanol–water partition coefficient (Wildman–Crippen LogP) is 1.38. The van der Waals surface area contributed by atoms with Crippen molar-refractivity contribution in [1.82, 2.24) is 0 Å². The van der Waals surface area contributed by atoms with Gasteiger partial charge < -0.3 is 0 Å². The fourth-order valence-corrected chi connectivity index (χ4v) is 1.22. The van der Waals surface area contributed by atoms with Crippen LogP contribution in [0.4, 0.5) is 8.39 Å². The van der Waals surface area contributed by atoms with Gasteiger partial charge in [0.05, 0.1) is 0 Å². The molecule has 0 amide bonds. The van der Waals surface area contributed by atoms with E-state index in [-0.39, 0.29) is 0 Å². The summed E-state index contributed by atoms with van der Waals surface area (Å²) in [6.07, 6.45) is 1.81. The molecule has 1 atom stereocenters. The third kappa shape index (κ3) is 8.21. The second-order valence-corrected chi connectivity index (χ2v) is 4.14. The van der Waals surface area contributed by atoms with Crippen molar-refractivity contribution in [3.05, 3.63) is 12.2 Å². The first kappa shape index (κ1) is 12.9. The molecule has 0 fully saturated rings. The van der Waals surface area contributed by atoms with Gasteiger partial charge in [0.25, 0.3) is 0 Å². The third-order valence-electron chi connectivity index (χ3n) is 1.08. The van der Waals surface area contributed by atoms with Crippen LogP contribution in [-0.2, 0) is 4.52 Å². The summed E-state index contributed by atoms with van der Waals surface area (Å²) >= 11 is 0. The average Bonchev–Trinajstić information content (AvgIpc) is 1.94. The Kier molecular flexibility index (Phi) is 4.35. The molecule has 1 unspecified atom stereocenters. The molecule has 13 heavy (non-hydrogen) atoms. The maximum atomic E-state index is 12.1. The molecule has 0 aromatic rings. The summed E-state index contributed by atoms with van der Waals surface area (Å²) in [6, 6.07) is 0. The van der Waals surface area contributed by atoms with Gasteiger partial charge in [-0.1, -0.05) is 0 Å². The van der Waals surface area contributed by atoms with E-state index in [1.165, 1.54) is 6.08 Å². The Morgan fingerprint density at radius 3 is 2.31 bits per heavy atom. The minimum atomic E-state index is -6.96. The molecule has 0 aromatic heterocycles. The van der Waals surface area contributed by atoms with Crippen LogP contribution in [0.25, 0.3) is 0 Å². The van der Waals surface area contributed by atoms with Crippen LogP contribution in [0.15, 0.2) is 12.2 Å². The van der Waals surface area contributed by atoms with Crippen molar-refractivity contribution in [3.63, 3.8) is 0 Å². The zero-order chi connectivity index (χ0) is 10.6. The molecule has 0 saturated heterocycles. The Morgan fingerprint density at radius 2 is 2.00 bits per heavy atom. The summed E-state index contributed by atoms with van der Waals surface area (Å²) in [5, 5.41) is 8.52. The second-order valence-electron chi connectivity index (χ2n) is 2.42. The molecule has 0 saturated carbocycles. The maximum absolute atomic E-state index is 12.1.